The maximum absolute atomic E-state index is 12.4. The van der Waals surface area contributed by atoms with Gasteiger partial charge in [-0.2, -0.15) is 0 Å². The van der Waals surface area contributed by atoms with Gasteiger partial charge in [0.05, 0.1) is 24.3 Å². The molecule has 0 radical (unpaired) electrons. The minimum absolute atomic E-state index is 0. The van der Waals surface area contributed by atoms with E-state index < -0.39 is 19.3 Å². The minimum atomic E-state index is -2.17. The molecule has 1 aromatic rings. The third kappa shape index (κ3) is 19.8. The fraction of sp³-hybridized carbons (Fsp3) is 0.667. The zero-order chi connectivity index (χ0) is 24.0. The molecule has 0 saturated heterocycles. The summed E-state index contributed by atoms with van der Waals surface area (Å²) in [6, 6.07) is 6.74. The van der Waals surface area contributed by atoms with Gasteiger partial charge in [-0.3, -0.25) is 0 Å². The van der Waals surface area contributed by atoms with Crippen molar-refractivity contribution >= 4 is 38.1 Å². The molecule has 7 nitrogen and oxygen atoms in total. The van der Waals surface area contributed by atoms with E-state index in [2.05, 4.69) is 13.8 Å². The van der Waals surface area contributed by atoms with E-state index in [1.807, 2.05) is 0 Å². The SMILES string of the molecule is CCCCCCCCOC(=O)c1ccccc1C(=O)OCCCCCCCC.OB(O)O.[LiH]. The molecule has 0 aromatic heterocycles. The number of unbranched alkanes of at least 4 members (excludes halogenated alkanes) is 10. The molecule has 184 valence electrons. The molecule has 0 aliphatic rings. The van der Waals surface area contributed by atoms with Gasteiger partial charge in [0, 0.05) is 0 Å². The molecule has 1 rings (SSSR count). The molecule has 0 spiro atoms. The van der Waals surface area contributed by atoms with Gasteiger partial charge in [-0.1, -0.05) is 90.2 Å². The Balaban J connectivity index is 0. The summed E-state index contributed by atoms with van der Waals surface area (Å²) < 4.78 is 10.7. The van der Waals surface area contributed by atoms with Crippen LogP contribution in [0.3, 0.4) is 0 Å². The molecule has 1 aromatic carbocycles. The number of esters is 2. The predicted molar refractivity (Wildman–Crippen MR) is 133 cm³/mol. The summed E-state index contributed by atoms with van der Waals surface area (Å²) in [6.45, 7) is 5.17. The van der Waals surface area contributed by atoms with Crippen LogP contribution in [0.25, 0.3) is 0 Å². The van der Waals surface area contributed by atoms with Gasteiger partial charge < -0.3 is 24.5 Å². The van der Waals surface area contributed by atoms with Gasteiger partial charge in [0.1, 0.15) is 0 Å². The van der Waals surface area contributed by atoms with Gasteiger partial charge in [0.25, 0.3) is 0 Å². The van der Waals surface area contributed by atoms with Crippen LogP contribution < -0.4 is 0 Å². The molecule has 0 amide bonds. The van der Waals surface area contributed by atoms with Gasteiger partial charge in [0.2, 0.25) is 0 Å². The Hall–Kier alpha value is -1.30. The number of hydrogen-bond donors (Lipinski definition) is 3. The van der Waals surface area contributed by atoms with Gasteiger partial charge in [-0.25, -0.2) is 9.59 Å². The molecule has 0 bridgehead atoms. The van der Waals surface area contributed by atoms with Crippen LogP contribution in [0.5, 0.6) is 0 Å². The molecular weight excluding hydrogens is 418 g/mol. The number of hydrogen-bond acceptors (Lipinski definition) is 7. The van der Waals surface area contributed by atoms with Crippen molar-refractivity contribution in [2.75, 3.05) is 13.2 Å². The fourth-order valence-electron chi connectivity index (χ4n) is 3.09. The zero-order valence-corrected chi connectivity index (χ0v) is 19.8. The van der Waals surface area contributed by atoms with Crippen molar-refractivity contribution in [1.82, 2.24) is 0 Å². The number of carbonyl (C=O) groups excluding carboxylic acids is 2. The molecule has 0 fully saturated rings. The number of rotatable bonds is 16. The molecule has 0 saturated carbocycles. The Labute approximate surface area is 211 Å². The predicted octanol–water partition coefficient (Wildman–Crippen LogP) is 4.02. The van der Waals surface area contributed by atoms with Crippen LogP contribution in [-0.4, -0.2) is 66.4 Å². The average Bonchev–Trinajstić information content (AvgIpc) is 2.77. The quantitative estimate of drug-likeness (QED) is 0.194. The summed E-state index contributed by atoms with van der Waals surface area (Å²) in [5.74, 6) is -0.888. The van der Waals surface area contributed by atoms with Crippen LogP contribution in [0.15, 0.2) is 24.3 Å². The number of carbonyl (C=O) groups is 2. The summed E-state index contributed by atoms with van der Waals surface area (Å²) in [4.78, 5) is 24.7. The van der Waals surface area contributed by atoms with Crippen LogP contribution in [0.4, 0.5) is 0 Å². The summed E-state index contributed by atoms with van der Waals surface area (Å²) in [5, 5.41) is 21.5. The van der Waals surface area contributed by atoms with Crippen molar-refractivity contribution in [3.8, 4) is 0 Å². The van der Waals surface area contributed by atoms with E-state index in [0.29, 0.717) is 24.3 Å². The van der Waals surface area contributed by atoms with Crippen molar-refractivity contribution in [1.29, 1.82) is 0 Å². The van der Waals surface area contributed by atoms with E-state index in [1.54, 1.807) is 24.3 Å². The van der Waals surface area contributed by atoms with E-state index in [-0.39, 0.29) is 18.9 Å². The molecular formula is C24H42BLiO7. The third-order valence-electron chi connectivity index (χ3n) is 4.83. The number of ether oxygens (including phenoxy) is 2. The van der Waals surface area contributed by atoms with E-state index in [1.165, 1.54) is 51.4 Å². The first kappa shape index (κ1) is 33.9. The Morgan fingerprint density at radius 1 is 0.667 bits per heavy atom. The Kier molecular flexibility index (Phi) is 24.5. The summed E-state index contributed by atoms with van der Waals surface area (Å²) in [7, 11) is -2.17. The monoisotopic (exact) mass is 460 g/mol. The van der Waals surface area contributed by atoms with Crippen LogP contribution in [0.1, 0.15) is 112 Å². The summed E-state index contributed by atoms with van der Waals surface area (Å²) >= 11 is 0. The topological polar surface area (TPSA) is 113 Å². The van der Waals surface area contributed by atoms with Crippen molar-refractivity contribution < 1.29 is 34.1 Å². The fourth-order valence-corrected chi connectivity index (χ4v) is 3.09. The van der Waals surface area contributed by atoms with Crippen LogP contribution >= 0.6 is 0 Å². The van der Waals surface area contributed by atoms with Crippen molar-refractivity contribution in [2.24, 2.45) is 0 Å². The van der Waals surface area contributed by atoms with Gasteiger partial charge in [-0.15, -0.1) is 0 Å². The van der Waals surface area contributed by atoms with Crippen LogP contribution in [0.2, 0.25) is 0 Å². The Morgan fingerprint density at radius 2 is 0.970 bits per heavy atom. The second-order valence-corrected chi connectivity index (χ2v) is 7.70. The van der Waals surface area contributed by atoms with Crippen molar-refractivity contribution in [3.05, 3.63) is 35.4 Å². The van der Waals surface area contributed by atoms with Crippen LogP contribution in [0, 0.1) is 0 Å². The maximum atomic E-state index is 12.4. The first-order chi connectivity index (χ1) is 15.4. The molecule has 0 aliphatic heterocycles. The Morgan fingerprint density at radius 3 is 1.30 bits per heavy atom. The normalized spacial score (nSPS) is 9.85. The second kappa shape index (κ2) is 23.8. The van der Waals surface area contributed by atoms with E-state index in [0.717, 1.165) is 25.7 Å². The van der Waals surface area contributed by atoms with Crippen molar-refractivity contribution in [3.63, 3.8) is 0 Å². The van der Waals surface area contributed by atoms with Gasteiger partial charge >= 0.3 is 38.1 Å². The summed E-state index contributed by atoms with van der Waals surface area (Å²) in [6.07, 6.45) is 13.6. The van der Waals surface area contributed by atoms with Crippen molar-refractivity contribution in [2.45, 2.75) is 90.9 Å². The van der Waals surface area contributed by atoms with Crippen LogP contribution in [-0.2, 0) is 9.47 Å². The van der Waals surface area contributed by atoms with Gasteiger partial charge in [-0.05, 0) is 25.0 Å². The van der Waals surface area contributed by atoms with Gasteiger partial charge in [0.15, 0.2) is 0 Å². The Bertz CT molecular complexity index is 562. The molecule has 9 heteroatoms. The molecule has 0 heterocycles. The molecule has 3 N–H and O–H groups in total. The molecule has 0 atom stereocenters. The first-order valence-corrected chi connectivity index (χ1v) is 11.9. The second-order valence-electron chi connectivity index (χ2n) is 7.70. The van der Waals surface area contributed by atoms with E-state index in [9.17, 15) is 9.59 Å². The molecule has 0 aliphatic carbocycles. The standard InChI is InChI=1S/C24H38O4.BH3O3.Li.H/c1-3-5-7-9-11-15-19-27-23(25)21-17-13-14-18-22(21)24(26)28-20-16-12-10-8-6-4-2;2-1(3)4;;/h13-14,17-18H,3-12,15-16,19-20H2,1-2H3;2-4H;;. The van der Waals surface area contributed by atoms with E-state index in [4.69, 9.17) is 24.5 Å². The third-order valence-corrected chi connectivity index (χ3v) is 4.83. The van der Waals surface area contributed by atoms with E-state index >= 15 is 0 Å². The first-order valence-electron chi connectivity index (χ1n) is 11.9. The molecule has 0 unspecified atom stereocenters. The zero-order valence-electron chi connectivity index (χ0n) is 19.8. The number of benzene rings is 1. The summed E-state index contributed by atoms with van der Waals surface area (Å²) in [5.41, 5.74) is 0.586. The molecule has 33 heavy (non-hydrogen) atoms. The average molecular weight is 460 g/mol.